The molecule has 2 saturated carbocycles. The lowest BCUT2D eigenvalue weighted by Gasteiger charge is -2.37. The summed E-state index contributed by atoms with van der Waals surface area (Å²) in [6.07, 6.45) is 18.6. The summed E-state index contributed by atoms with van der Waals surface area (Å²) >= 11 is 0. The molecule has 1 aromatic carbocycles. The summed E-state index contributed by atoms with van der Waals surface area (Å²) in [5, 5.41) is 0. The Kier molecular flexibility index (Phi) is 9.88. The van der Waals surface area contributed by atoms with Gasteiger partial charge in [0.05, 0.1) is 0 Å². The van der Waals surface area contributed by atoms with Crippen LogP contribution in [0.2, 0.25) is 0 Å². The van der Waals surface area contributed by atoms with Gasteiger partial charge in [-0.05, 0) is 105 Å². The molecule has 0 amide bonds. The van der Waals surface area contributed by atoms with Crippen LogP contribution < -0.4 is 0 Å². The fraction of sp³-hybridized carbons (Fsp3) is 0.714. The normalized spacial score (nSPS) is 27.0. The zero-order valence-electron chi connectivity index (χ0n) is 19.1. The standard InChI is InChI=1S/C28H42F2/c1-2-3-4-5-6-7-8-22-9-13-24(14-10-22)26-17-19-27(20-18-26)25-15-11-23(12-16-25)21-28(29)30/h9-10,13-14,21,23,25-27H,2-8,11-12,15-20H2,1H3. The summed E-state index contributed by atoms with van der Waals surface area (Å²) in [4.78, 5) is 0. The van der Waals surface area contributed by atoms with Crippen molar-refractivity contribution in [2.75, 3.05) is 0 Å². The summed E-state index contributed by atoms with van der Waals surface area (Å²) in [7, 11) is 0. The Bertz CT molecular complexity index is 613. The van der Waals surface area contributed by atoms with E-state index in [2.05, 4.69) is 31.2 Å². The molecule has 0 N–H and O–H groups in total. The van der Waals surface area contributed by atoms with E-state index in [-0.39, 0.29) is 5.92 Å². The molecular formula is C28H42F2. The highest BCUT2D eigenvalue weighted by atomic mass is 19.3. The Morgan fingerprint density at radius 1 is 0.767 bits per heavy atom. The van der Waals surface area contributed by atoms with Crippen LogP contribution in [0.25, 0.3) is 0 Å². The average Bonchev–Trinajstić information content (AvgIpc) is 2.77. The van der Waals surface area contributed by atoms with Crippen LogP contribution in [0.15, 0.2) is 36.4 Å². The molecule has 0 radical (unpaired) electrons. The van der Waals surface area contributed by atoms with Crippen molar-refractivity contribution in [2.45, 2.75) is 109 Å². The van der Waals surface area contributed by atoms with E-state index in [1.807, 2.05) is 0 Å². The minimum absolute atomic E-state index is 0.123. The Morgan fingerprint density at radius 3 is 1.93 bits per heavy atom. The molecule has 0 saturated heterocycles. The number of rotatable bonds is 10. The van der Waals surface area contributed by atoms with Crippen molar-refractivity contribution in [3.8, 4) is 0 Å². The number of allylic oxidation sites excluding steroid dienone is 1. The molecule has 0 heterocycles. The molecule has 30 heavy (non-hydrogen) atoms. The minimum atomic E-state index is -1.49. The predicted molar refractivity (Wildman–Crippen MR) is 124 cm³/mol. The highest BCUT2D eigenvalue weighted by molar-refractivity contribution is 5.26. The first-order valence-corrected chi connectivity index (χ1v) is 12.8. The summed E-state index contributed by atoms with van der Waals surface area (Å²) in [5.74, 6) is 2.45. The van der Waals surface area contributed by atoms with E-state index in [0.29, 0.717) is 0 Å². The molecule has 0 nitrogen and oxygen atoms in total. The van der Waals surface area contributed by atoms with Crippen LogP contribution in [-0.4, -0.2) is 0 Å². The van der Waals surface area contributed by atoms with Gasteiger partial charge < -0.3 is 0 Å². The molecule has 168 valence electrons. The first-order chi connectivity index (χ1) is 14.7. The lowest BCUT2D eigenvalue weighted by molar-refractivity contribution is 0.170. The Balaban J connectivity index is 1.36. The Hall–Kier alpha value is -1.18. The van der Waals surface area contributed by atoms with Crippen molar-refractivity contribution in [3.63, 3.8) is 0 Å². The van der Waals surface area contributed by atoms with E-state index in [0.717, 1.165) is 43.4 Å². The zero-order valence-corrected chi connectivity index (χ0v) is 19.1. The molecule has 2 fully saturated rings. The average molecular weight is 417 g/mol. The van der Waals surface area contributed by atoms with Crippen molar-refractivity contribution in [2.24, 2.45) is 17.8 Å². The van der Waals surface area contributed by atoms with Crippen molar-refractivity contribution in [1.29, 1.82) is 0 Å². The van der Waals surface area contributed by atoms with Crippen LogP contribution >= 0.6 is 0 Å². The van der Waals surface area contributed by atoms with Gasteiger partial charge in [0.15, 0.2) is 0 Å². The highest BCUT2D eigenvalue weighted by Crippen LogP contribution is 2.44. The largest absolute Gasteiger partial charge is 0.266 e. The molecule has 2 aliphatic rings. The first kappa shape index (κ1) is 23.5. The van der Waals surface area contributed by atoms with Gasteiger partial charge in [-0.25, -0.2) is 0 Å². The van der Waals surface area contributed by atoms with Crippen LogP contribution in [0, 0.1) is 17.8 Å². The SMILES string of the molecule is CCCCCCCCc1ccc(C2CCC(C3CCC(C=C(F)F)CC3)CC2)cc1. The molecule has 0 aliphatic heterocycles. The van der Waals surface area contributed by atoms with Gasteiger partial charge in [-0.2, -0.15) is 8.78 Å². The monoisotopic (exact) mass is 416 g/mol. The van der Waals surface area contributed by atoms with Crippen LogP contribution in [0.3, 0.4) is 0 Å². The van der Waals surface area contributed by atoms with Crippen molar-refractivity contribution in [3.05, 3.63) is 47.5 Å². The third-order valence-electron chi connectivity index (χ3n) is 7.89. The van der Waals surface area contributed by atoms with Crippen LogP contribution in [0.5, 0.6) is 0 Å². The van der Waals surface area contributed by atoms with E-state index in [9.17, 15) is 8.78 Å². The second kappa shape index (κ2) is 12.6. The maximum atomic E-state index is 12.5. The lowest BCUT2D eigenvalue weighted by atomic mass is 9.68. The van der Waals surface area contributed by atoms with E-state index in [4.69, 9.17) is 0 Å². The van der Waals surface area contributed by atoms with Gasteiger partial charge in [0, 0.05) is 0 Å². The Labute approximate surface area is 183 Å². The summed E-state index contributed by atoms with van der Waals surface area (Å²) in [5.41, 5.74) is 3.03. The highest BCUT2D eigenvalue weighted by Gasteiger charge is 2.31. The van der Waals surface area contributed by atoms with Gasteiger partial charge in [0.2, 0.25) is 0 Å². The summed E-state index contributed by atoms with van der Waals surface area (Å²) in [6, 6.07) is 9.51. The van der Waals surface area contributed by atoms with Gasteiger partial charge in [-0.3, -0.25) is 0 Å². The van der Waals surface area contributed by atoms with E-state index < -0.39 is 6.08 Å². The van der Waals surface area contributed by atoms with E-state index >= 15 is 0 Å². The second-order valence-electron chi connectivity index (χ2n) is 10.0. The maximum absolute atomic E-state index is 12.5. The van der Waals surface area contributed by atoms with Crippen molar-refractivity contribution in [1.82, 2.24) is 0 Å². The lowest BCUT2D eigenvalue weighted by Crippen LogP contribution is -2.25. The molecular weight excluding hydrogens is 374 g/mol. The molecule has 0 aromatic heterocycles. The number of aryl methyl sites for hydroxylation is 1. The van der Waals surface area contributed by atoms with Crippen LogP contribution in [0.1, 0.15) is 114 Å². The maximum Gasteiger partial charge on any atom is 0.266 e. The molecule has 2 aliphatic carbocycles. The molecule has 0 bridgehead atoms. The first-order valence-electron chi connectivity index (χ1n) is 12.8. The molecule has 3 rings (SSSR count). The molecule has 0 atom stereocenters. The van der Waals surface area contributed by atoms with E-state index in [1.54, 1.807) is 0 Å². The van der Waals surface area contributed by atoms with Gasteiger partial charge in [-0.1, -0.05) is 63.3 Å². The fourth-order valence-electron chi connectivity index (χ4n) is 5.95. The second-order valence-corrected chi connectivity index (χ2v) is 10.0. The van der Waals surface area contributed by atoms with E-state index in [1.165, 1.54) is 87.8 Å². The quantitative estimate of drug-likeness (QED) is 0.333. The number of hydrogen-bond acceptors (Lipinski definition) is 0. The number of halogens is 2. The zero-order chi connectivity index (χ0) is 21.2. The van der Waals surface area contributed by atoms with Gasteiger partial charge in [-0.15, -0.1) is 0 Å². The summed E-state index contributed by atoms with van der Waals surface area (Å²) in [6.45, 7) is 2.27. The van der Waals surface area contributed by atoms with Crippen LogP contribution in [-0.2, 0) is 6.42 Å². The van der Waals surface area contributed by atoms with Gasteiger partial charge in [0.25, 0.3) is 6.08 Å². The van der Waals surface area contributed by atoms with Crippen molar-refractivity contribution >= 4 is 0 Å². The van der Waals surface area contributed by atoms with Gasteiger partial charge in [0.1, 0.15) is 0 Å². The fourth-order valence-corrected chi connectivity index (χ4v) is 5.95. The predicted octanol–water partition coefficient (Wildman–Crippen LogP) is 9.45. The van der Waals surface area contributed by atoms with Crippen LogP contribution in [0.4, 0.5) is 8.78 Å². The smallest absolute Gasteiger partial charge is 0.174 e. The van der Waals surface area contributed by atoms with Crippen molar-refractivity contribution < 1.29 is 8.78 Å². The Morgan fingerprint density at radius 2 is 1.33 bits per heavy atom. The third-order valence-corrected chi connectivity index (χ3v) is 7.89. The topological polar surface area (TPSA) is 0 Å². The number of benzene rings is 1. The molecule has 0 spiro atoms. The number of unbranched alkanes of at least 4 members (excludes halogenated alkanes) is 5. The molecule has 2 heteroatoms. The third kappa shape index (κ3) is 7.50. The summed E-state index contributed by atoms with van der Waals surface area (Å²) < 4.78 is 25.0. The van der Waals surface area contributed by atoms with Gasteiger partial charge >= 0.3 is 0 Å². The molecule has 0 unspecified atom stereocenters. The number of hydrogen-bond donors (Lipinski definition) is 0. The molecule has 1 aromatic rings. The minimum Gasteiger partial charge on any atom is -0.174 e.